The molecule has 1 aliphatic heterocycles. The first-order valence-electron chi connectivity index (χ1n) is 13.6. The molecule has 0 amide bonds. The van der Waals surface area contributed by atoms with Gasteiger partial charge >= 0.3 is 0 Å². The molecule has 2 aliphatic rings. The van der Waals surface area contributed by atoms with Crippen LogP contribution >= 0.6 is 11.8 Å². The molecule has 0 unspecified atom stereocenters. The lowest BCUT2D eigenvalue weighted by Gasteiger charge is -2.39. The molecule has 0 atom stereocenters. The zero-order chi connectivity index (χ0) is 25.8. The van der Waals surface area contributed by atoms with E-state index in [4.69, 9.17) is 0 Å². The van der Waals surface area contributed by atoms with Crippen LogP contribution in [0, 0.1) is 0 Å². The maximum Gasteiger partial charge on any atom is 0.0735 e. The summed E-state index contributed by atoms with van der Waals surface area (Å²) >= 11 is 1.92. The summed E-state index contributed by atoms with van der Waals surface area (Å²) < 4.78 is 0. The van der Waals surface area contributed by atoms with Gasteiger partial charge in [0.1, 0.15) is 0 Å². The van der Waals surface area contributed by atoms with Crippen LogP contribution in [-0.2, 0) is 11.8 Å². The van der Waals surface area contributed by atoms with Crippen molar-refractivity contribution < 1.29 is 0 Å². The Labute approximate surface area is 234 Å². The zero-order valence-electron chi connectivity index (χ0n) is 21.5. The molecule has 1 aliphatic carbocycles. The molecule has 0 fully saturated rings. The minimum atomic E-state index is -0.296. The Morgan fingerprint density at radius 3 is 1.77 bits per heavy atom. The third-order valence-electron chi connectivity index (χ3n) is 8.36. The summed E-state index contributed by atoms with van der Waals surface area (Å²) in [5, 5.41) is 0. The molecule has 6 aromatic rings. The highest BCUT2D eigenvalue weighted by Gasteiger charge is 2.49. The summed E-state index contributed by atoms with van der Waals surface area (Å²) in [6, 6.07) is 53.9. The van der Waals surface area contributed by atoms with Crippen LogP contribution in [-0.4, -0.2) is 0 Å². The number of fused-ring (bicyclic) bond motifs is 9. The lowest BCUT2D eigenvalue weighted by molar-refractivity contribution is 0.721. The van der Waals surface area contributed by atoms with Crippen molar-refractivity contribution in [1.29, 1.82) is 0 Å². The van der Waals surface area contributed by atoms with Crippen LogP contribution in [0.15, 0.2) is 155 Å². The van der Waals surface area contributed by atoms with E-state index in [2.05, 4.69) is 146 Å². The number of hydrogen-bond acceptors (Lipinski definition) is 1. The van der Waals surface area contributed by atoms with Gasteiger partial charge in [-0.15, -0.1) is 0 Å². The van der Waals surface area contributed by atoms with Gasteiger partial charge in [0.15, 0.2) is 0 Å². The zero-order valence-corrected chi connectivity index (χ0v) is 22.3. The Bertz CT molecular complexity index is 1820. The normalized spacial score (nSPS) is 13.8. The van der Waals surface area contributed by atoms with Gasteiger partial charge in [0.2, 0.25) is 0 Å². The van der Waals surface area contributed by atoms with E-state index in [1.807, 2.05) is 11.8 Å². The van der Waals surface area contributed by atoms with E-state index in [0.717, 1.165) is 6.42 Å². The molecule has 0 radical (unpaired) electrons. The number of rotatable bonds is 3. The van der Waals surface area contributed by atoms with Crippen LogP contribution in [0.4, 0.5) is 0 Å². The minimum absolute atomic E-state index is 0.296. The van der Waals surface area contributed by atoms with Crippen LogP contribution in [0.3, 0.4) is 0 Å². The van der Waals surface area contributed by atoms with E-state index in [0.29, 0.717) is 0 Å². The summed E-state index contributed by atoms with van der Waals surface area (Å²) in [6.45, 7) is 0. The lowest BCUT2D eigenvalue weighted by atomic mass is 9.67. The second-order valence-electron chi connectivity index (χ2n) is 10.5. The maximum atomic E-state index is 2.44. The predicted molar refractivity (Wildman–Crippen MR) is 163 cm³/mol. The van der Waals surface area contributed by atoms with Crippen molar-refractivity contribution in [3.63, 3.8) is 0 Å². The fourth-order valence-electron chi connectivity index (χ4n) is 6.74. The highest BCUT2D eigenvalue weighted by atomic mass is 32.2. The van der Waals surface area contributed by atoms with Gasteiger partial charge < -0.3 is 0 Å². The standard InChI is InChI=1S/C38H26S/c1-2-12-28(13-3-1)29-14-10-11-26(24-29)23-27-21-22-35-37(25-27)39-36-20-9-8-19-34(36)38(35)32-17-6-4-15-30(32)31-16-5-7-18-33(31)38/h1-22,24-25H,23H2. The molecule has 0 nitrogen and oxygen atoms in total. The van der Waals surface area contributed by atoms with Gasteiger partial charge in [0.05, 0.1) is 5.41 Å². The second-order valence-corrected chi connectivity index (χ2v) is 11.6. The fourth-order valence-corrected chi connectivity index (χ4v) is 8.00. The van der Waals surface area contributed by atoms with Gasteiger partial charge in [0, 0.05) is 9.79 Å². The van der Waals surface area contributed by atoms with Gasteiger partial charge in [-0.25, -0.2) is 0 Å². The maximum absolute atomic E-state index is 2.44. The Balaban J connectivity index is 1.28. The molecule has 6 aromatic carbocycles. The molecule has 0 bridgehead atoms. The van der Waals surface area contributed by atoms with Gasteiger partial charge in [-0.05, 0) is 74.2 Å². The van der Waals surface area contributed by atoms with Crippen LogP contribution < -0.4 is 0 Å². The lowest BCUT2D eigenvalue weighted by Crippen LogP contribution is -2.32. The van der Waals surface area contributed by atoms with Gasteiger partial charge in [-0.1, -0.05) is 145 Å². The number of hydrogen-bond donors (Lipinski definition) is 0. The summed E-state index contributed by atoms with van der Waals surface area (Å²) in [5.41, 5.74) is 13.2. The molecule has 39 heavy (non-hydrogen) atoms. The first kappa shape index (κ1) is 22.6. The molecule has 1 spiro atoms. The van der Waals surface area contributed by atoms with E-state index < -0.39 is 0 Å². The highest BCUT2D eigenvalue weighted by molar-refractivity contribution is 7.99. The SMILES string of the molecule is c1ccc(-c2cccc(Cc3ccc4c(c3)Sc3ccccc3C43c4ccccc4-c4ccccc43)c2)cc1. The monoisotopic (exact) mass is 514 g/mol. The summed E-state index contributed by atoms with van der Waals surface area (Å²) in [6.07, 6.45) is 0.913. The Morgan fingerprint density at radius 2 is 1.00 bits per heavy atom. The van der Waals surface area contributed by atoms with Crippen LogP contribution in [0.25, 0.3) is 22.3 Å². The summed E-state index contributed by atoms with van der Waals surface area (Å²) in [7, 11) is 0. The molecule has 0 saturated heterocycles. The van der Waals surface area contributed by atoms with Crippen LogP contribution in [0.1, 0.15) is 33.4 Å². The molecule has 0 N–H and O–H groups in total. The highest BCUT2D eigenvalue weighted by Crippen LogP contribution is 2.62. The van der Waals surface area contributed by atoms with Crippen LogP contribution in [0.5, 0.6) is 0 Å². The third-order valence-corrected chi connectivity index (χ3v) is 9.49. The Kier molecular flexibility index (Phi) is 5.15. The first-order valence-corrected chi connectivity index (χ1v) is 14.4. The largest absolute Gasteiger partial charge is 0.0894 e. The predicted octanol–water partition coefficient (Wildman–Crippen LogP) is 9.77. The Morgan fingerprint density at radius 1 is 0.410 bits per heavy atom. The molecular weight excluding hydrogens is 488 g/mol. The fraction of sp³-hybridized carbons (Fsp3) is 0.0526. The van der Waals surface area contributed by atoms with Crippen LogP contribution in [0.2, 0.25) is 0 Å². The van der Waals surface area contributed by atoms with E-state index in [-0.39, 0.29) is 5.41 Å². The smallest absolute Gasteiger partial charge is 0.0735 e. The molecule has 8 rings (SSSR count). The average Bonchev–Trinajstić information content (AvgIpc) is 3.29. The quantitative estimate of drug-likeness (QED) is 0.226. The minimum Gasteiger partial charge on any atom is -0.0894 e. The molecule has 184 valence electrons. The van der Waals surface area contributed by atoms with E-state index in [1.54, 1.807) is 0 Å². The van der Waals surface area contributed by atoms with Crippen molar-refractivity contribution in [2.45, 2.75) is 21.6 Å². The van der Waals surface area contributed by atoms with Gasteiger partial charge in [-0.2, -0.15) is 0 Å². The summed E-state index contributed by atoms with van der Waals surface area (Å²) in [4.78, 5) is 2.71. The van der Waals surface area contributed by atoms with Crippen molar-refractivity contribution >= 4 is 11.8 Å². The second kappa shape index (κ2) is 8.86. The third kappa shape index (κ3) is 3.40. The van der Waals surface area contributed by atoms with Gasteiger partial charge in [-0.3, -0.25) is 0 Å². The Hall–Kier alpha value is -4.33. The van der Waals surface area contributed by atoms with Crippen molar-refractivity contribution in [3.05, 3.63) is 179 Å². The van der Waals surface area contributed by atoms with E-state index in [9.17, 15) is 0 Å². The van der Waals surface area contributed by atoms with Crippen molar-refractivity contribution in [2.75, 3.05) is 0 Å². The summed E-state index contributed by atoms with van der Waals surface area (Å²) in [5.74, 6) is 0. The van der Waals surface area contributed by atoms with Crippen molar-refractivity contribution in [2.24, 2.45) is 0 Å². The van der Waals surface area contributed by atoms with Crippen molar-refractivity contribution in [1.82, 2.24) is 0 Å². The number of benzene rings is 6. The topological polar surface area (TPSA) is 0 Å². The molecule has 0 aromatic heterocycles. The first-order chi connectivity index (χ1) is 19.3. The van der Waals surface area contributed by atoms with Crippen molar-refractivity contribution in [3.8, 4) is 22.3 Å². The van der Waals surface area contributed by atoms with E-state index >= 15 is 0 Å². The molecule has 0 saturated carbocycles. The molecule has 1 heterocycles. The van der Waals surface area contributed by atoms with Gasteiger partial charge in [0.25, 0.3) is 0 Å². The molecule has 1 heteroatoms. The molecular formula is C38H26S. The van der Waals surface area contributed by atoms with E-state index in [1.165, 1.54) is 65.4 Å². The average molecular weight is 515 g/mol.